The number of nitrogens with one attached hydrogen (secondary N) is 2. The van der Waals surface area contributed by atoms with Crippen molar-refractivity contribution in [2.24, 2.45) is 5.41 Å². The lowest BCUT2D eigenvalue weighted by Gasteiger charge is -2.36. The number of carbonyl (C=O) groups is 1. The van der Waals surface area contributed by atoms with Gasteiger partial charge in [-0.2, -0.15) is 0 Å². The summed E-state index contributed by atoms with van der Waals surface area (Å²) in [4.78, 5) is 12.8. The second kappa shape index (κ2) is 7.07. The molecule has 1 amide bonds. The monoisotopic (exact) mass is 376 g/mol. The van der Waals surface area contributed by atoms with Crippen molar-refractivity contribution in [2.75, 3.05) is 18.4 Å². The molecule has 1 saturated heterocycles. The molecule has 0 spiro atoms. The summed E-state index contributed by atoms with van der Waals surface area (Å²) >= 11 is 9.30. The van der Waals surface area contributed by atoms with Crippen LogP contribution in [0.4, 0.5) is 10.1 Å². The Morgan fingerprint density at radius 2 is 2.14 bits per heavy atom. The van der Waals surface area contributed by atoms with Crippen LogP contribution in [0.1, 0.15) is 32.6 Å². The highest BCUT2D eigenvalue weighted by Gasteiger charge is 2.38. The predicted octanol–water partition coefficient (Wildman–Crippen LogP) is 4.35. The Labute approximate surface area is 137 Å². The molecule has 0 saturated carbocycles. The Hall–Kier alpha value is -0.650. The van der Waals surface area contributed by atoms with Crippen molar-refractivity contribution >= 4 is 39.1 Å². The van der Waals surface area contributed by atoms with E-state index in [9.17, 15) is 9.18 Å². The third-order valence-corrected chi connectivity index (χ3v) is 4.94. The summed E-state index contributed by atoms with van der Waals surface area (Å²) in [5.41, 5.74) is 0.0778. The molecular weight excluding hydrogens is 359 g/mol. The Kier molecular flexibility index (Phi) is 5.63. The van der Waals surface area contributed by atoms with Gasteiger partial charge in [0.1, 0.15) is 5.82 Å². The van der Waals surface area contributed by atoms with E-state index in [1.165, 1.54) is 12.1 Å². The zero-order valence-electron chi connectivity index (χ0n) is 11.9. The number of carbonyl (C=O) groups excluding carboxylic acids is 1. The van der Waals surface area contributed by atoms with Gasteiger partial charge in [-0.05, 0) is 60.4 Å². The third kappa shape index (κ3) is 3.76. The third-order valence-electron chi connectivity index (χ3n) is 4.02. The highest BCUT2D eigenvalue weighted by atomic mass is 79.9. The van der Waals surface area contributed by atoms with Crippen molar-refractivity contribution in [1.82, 2.24) is 5.32 Å². The summed E-state index contributed by atoms with van der Waals surface area (Å²) in [6, 6.07) is 2.51. The largest absolute Gasteiger partial charge is 0.323 e. The van der Waals surface area contributed by atoms with E-state index >= 15 is 0 Å². The minimum absolute atomic E-state index is 0.0277. The molecule has 2 N–H and O–H groups in total. The van der Waals surface area contributed by atoms with Crippen LogP contribution in [0.2, 0.25) is 5.02 Å². The SMILES string of the molecule is CCCC1(C(=O)Nc2c(Cl)cc(F)cc2Br)CCNCC1. The Balaban J connectivity index is 2.23. The average molecular weight is 378 g/mol. The number of benzene rings is 1. The van der Waals surface area contributed by atoms with E-state index in [0.29, 0.717) is 10.2 Å². The lowest BCUT2D eigenvalue weighted by Crippen LogP contribution is -2.45. The first-order valence-corrected chi connectivity index (χ1v) is 8.32. The Bertz CT molecular complexity index is 504. The number of piperidine rings is 1. The van der Waals surface area contributed by atoms with E-state index in [4.69, 9.17) is 11.6 Å². The molecule has 21 heavy (non-hydrogen) atoms. The van der Waals surface area contributed by atoms with Gasteiger partial charge < -0.3 is 10.6 Å². The molecule has 1 aromatic rings. The molecule has 6 heteroatoms. The minimum Gasteiger partial charge on any atom is -0.323 e. The van der Waals surface area contributed by atoms with Crippen LogP contribution < -0.4 is 10.6 Å². The van der Waals surface area contributed by atoms with E-state index in [2.05, 4.69) is 33.5 Å². The number of anilines is 1. The number of amides is 1. The number of rotatable bonds is 4. The summed E-state index contributed by atoms with van der Waals surface area (Å²) in [5, 5.41) is 6.38. The lowest BCUT2D eigenvalue weighted by molar-refractivity contribution is -0.127. The van der Waals surface area contributed by atoms with Gasteiger partial charge in [0.2, 0.25) is 5.91 Å². The van der Waals surface area contributed by atoms with Crippen LogP contribution in [-0.2, 0) is 4.79 Å². The van der Waals surface area contributed by atoms with Gasteiger partial charge in [0.05, 0.1) is 16.1 Å². The van der Waals surface area contributed by atoms with Crippen molar-refractivity contribution in [2.45, 2.75) is 32.6 Å². The second-order valence-electron chi connectivity index (χ2n) is 5.48. The average Bonchev–Trinajstić information content (AvgIpc) is 2.44. The van der Waals surface area contributed by atoms with Crippen LogP contribution in [0, 0.1) is 11.2 Å². The molecule has 0 unspecified atom stereocenters. The van der Waals surface area contributed by atoms with Gasteiger partial charge in [-0.25, -0.2) is 4.39 Å². The fourth-order valence-corrected chi connectivity index (χ4v) is 3.78. The molecule has 1 fully saturated rings. The van der Waals surface area contributed by atoms with Crippen LogP contribution in [0.15, 0.2) is 16.6 Å². The Morgan fingerprint density at radius 3 is 2.71 bits per heavy atom. The van der Waals surface area contributed by atoms with Gasteiger partial charge in [0, 0.05) is 4.47 Å². The van der Waals surface area contributed by atoms with Crippen molar-refractivity contribution in [3.05, 3.63) is 27.4 Å². The van der Waals surface area contributed by atoms with Gasteiger partial charge in [0.15, 0.2) is 0 Å². The maximum Gasteiger partial charge on any atom is 0.230 e. The zero-order valence-corrected chi connectivity index (χ0v) is 14.3. The number of halogens is 3. The lowest BCUT2D eigenvalue weighted by atomic mass is 9.74. The normalized spacial score (nSPS) is 17.5. The molecule has 0 aliphatic carbocycles. The quantitative estimate of drug-likeness (QED) is 0.819. The van der Waals surface area contributed by atoms with Crippen molar-refractivity contribution in [1.29, 1.82) is 0 Å². The molecule has 3 nitrogen and oxygen atoms in total. The summed E-state index contributed by atoms with van der Waals surface area (Å²) in [5.74, 6) is -0.463. The number of hydrogen-bond donors (Lipinski definition) is 2. The highest BCUT2D eigenvalue weighted by molar-refractivity contribution is 9.10. The Morgan fingerprint density at radius 1 is 1.48 bits per heavy atom. The fraction of sp³-hybridized carbons (Fsp3) is 0.533. The van der Waals surface area contributed by atoms with E-state index in [1.807, 2.05) is 0 Å². The van der Waals surface area contributed by atoms with Crippen LogP contribution in [0.25, 0.3) is 0 Å². The predicted molar refractivity (Wildman–Crippen MR) is 87.2 cm³/mol. The van der Waals surface area contributed by atoms with E-state index in [1.54, 1.807) is 0 Å². The van der Waals surface area contributed by atoms with Gasteiger partial charge in [0.25, 0.3) is 0 Å². The summed E-state index contributed by atoms with van der Waals surface area (Å²) in [7, 11) is 0. The molecule has 1 aliphatic rings. The van der Waals surface area contributed by atoms with Crippen molar-refractivity contribution in [3.8, 4) is 0 Å². The summed E-state index contributed by atoms with van der Waals surface area (Å²) in [6.07, 6.45) is 3.41. The van der Waals surface area contributed by atoms with E-state index < -0.39 is 5.82 Å². The van der Waals surface area contributed by atoms with Crippen LogP contribution in [0.3, 0.4) is 0 Å². The molecule has 0 atom stereocenters. The van der Waals surface area contributed by atoms with Gasteiger partial charge >= 0.3 is 0 Å². The maximum atomic E-state index is 13.3. The molecule has 1 heterocycles. The van der Waals surface area contributed by atoms with E-state index in [-0.39, 0.29) is 16.3 Å². The van der Waals surface area contributed by atoms with Gasteiger partial charge in [-0.1, -0.05) is 24.9 Å². The van der Waals surface area contributed by atoms with E-state index in [0.717, 1.165) is 38.8 Å². The molecular formula is C15H19BrClFN2O. The summed E-state index contributed by atoms with van der Waals surface area (Å²) in [6.45, 7) is 3.76. The molecule has 1 aromatic carbocycles. The molecule has 1 aliphatic heterocycles. The maximum absolute atomic E-state index is 13.3. The first-order valence-electron chi connectivity index (χ1n) is 7.15. The first kappa shape index (κ1) is 16.7. The molecule has 116 valence electrons. The van der Waals surface area contributed by atoms with Crippen LogP contribution >= 0.6 is 27.5 Å². The van der Waals surface area contributed by atoms with Crippen molar-refractivity contribution in [3.63, 3.8) is 0 Å². The molecule has 2 rings (SSSR count). The fourth-order valence-electron chi connectivity index (χ4n) is 2.88. The second-order valence-corrected chi connectivity index (χ2v) is 6.74. The van der Waals surface area contributed by atoms with Crippen LogP contribution in [0.5, 0.6) is 0 Å². The standard InChI is InChI=1S/C15H19BrClFN2O/c1-2-3-15(4-6-19-7-5-15)14(21)20-13-11(16)8-10(18)9-12(13)17/h8-9,19H,2-7H2,1H3,(H,20,21). The van der Waals surface area contributed by atoms with Crippen LogP contribution in [-0.4, -0.2) is 19.0 Å². The van der Waals surface area contributed by atoms with Gasteiger partial charge in [-0.3, -0.25) is 4.79 Å². The molecule has 0 aromatic heterocycles. The zero-order chi connectivity index (χ0) is 15.5. The summed E-state index contributed by atoms with van der Waals surface area (Å²) < 4.78 is 13.7. The molecule has 0 bridgehead atoms. The van der Waals surface area contributed by atoms with Gasteiger partial charge in [-0.15, -0.1) is 0 Å². The topological polar surface area (TPSA) is 41.1 Å². The minimum atomic E-state index is -0.435. The molecule has 0 radical (unpaired) electrons. The van der Waals surface area contributed by atoms with Crippen molar-refractivity contribution < 1.29 is 9.18 Å². The smallest absolute Gasteiger partial charge is 0.230 e. The number of hydrogen-bond acceptors (Lipinski definition) is 2. The highest BCUT2D eigenvalue weighted by Crippen LogP contribution is 2.38. The first-order chi connectivity index (χ1) is 9.98.